The van der Waals surface area contributed by atoms with Crippen molar-refractivity contribution in [3.8, 4) is 0 Å². The number of esters is 2. The van der Waals surface area contributed by atoms with Crippen LogP contribution in [0.25, 0.3) is 0 Å². The van der Waals surface area contributed by atoms with E-state index < -0.39 is 63.7 Å². The number of carbonyl (C=O) groups excluding carboxylic acids is 3. The summed E-state index contributed by atoms with van der Waals surface area (Å²) in [6.07, 6.45) is 3.82. The van der Waals surface area contributed by atoms with Crippen molar-refractivity contribution in [1.82, 2.24) is 0 Å². The number of aliphatic hydroxyl groups is 3. The Labute approximate surface area is 212 Å². The molecule has 4 aliphatic rings. The number of aliphatic hydroxyl groups excluding tert-OH is 1. The van der Waals surface area contributed by atoms with E-state index in [4.69, 9.17) is 9.47 Å². The molecule has 0 heterocycles. The predicted molar refractivity (Wildman–Crippen MR) is 130 cm³/mol. The number of Topliss-reactive ketones (excluding diaryl/α,β-unsaturated/α-hetero) is 1. The fourth-order valence-electron chi connectivity index (χ4n) is 7.55. The van der Waals surface area contributed by atoms with Gasteiger partial charge in [0.1, 0.15) is 17.8 Å². The normalized spacial score (nSPS) is 42.2. The summed E-state index contributed by atoms with van der Waals surface area (Å²) in [5.41, 5.74) is -4.63. The highest BCUT2D eigenvalue weighted by Gasteiger charge is 2.86. The molecule has 0 aromatic heterocycles. The minimum Gasteiger partial charge on any atom is -0.461 e. The van der Waals surface area contributed by atoms with Gasteiger partial charge in [-0.15, -0.1) is 0 Å². The Kier molecular flexibility index (Phi) is 6.59. The van der Waals surface area contributed by atoms with Crippen LogP contribution in [0.1, 0.15) is 73.6 Å². The van der Waals surface area contributed by atoms with Crippen molar-refractivity contribution < 1.29 is 39.2 Å². The number of rotatable bonds is 7. The van der Waals surface area contributed by atoms with Gasteiger partial charge in [-0.05, 0) is 30.9 Å². The van der Waals surface area contributed by atoms with Crippen LogP contribution in [0.2, 0.25) is 0 Å². The Bertz CT molecular complexity index is 1030. The largest absolute Gasteiger partial charge is 0.461 e. The smallest absolute Gasteiger partial charge is 0.306 e. The number of ether oxygens (including phenoxy) is 2. The summed E-state index contributed by atoms with van der Waals surface area (Å²) in [6, 6.07) is 0. The summed E-state index contributed by atoms with van der Waals surface area (Å²) >= 11 is 0. The van der Waals surface area contributed by atoms with Gasteiger partial charge in [-0.25, -0.2) is 0 Å². The number of ketones is 1. The Morgan fingerprint density at radius 2 is 1.69 bits per heavy atom. The summed E-state index contributed by atoms with van der Waals surface area (Å²) in [5.74, 6) is -4.19. The van der Waals surface area contributed by atoms with Gasteiger partial charge in [0.05, 0.1) is 11.7 Å². The maximum atomic E-state index is 13.2. The standard InChI is InChI=1S/C28H40O8/c1-7-9-20(29)35-14-17-12-18-22-25(5,6)28(22,36-21(30)10-8-2)24(32)16(4)27(18,34)19-11-15(3)23(31)26(19,33)13-17/h11-12,16,18-19,22,24,32-34H,7-10,13-14H2,1-6H3/t16-,18+,19-,22-,24-,26-,27-,28-/m1/s1. The van der Waals surface area contributed by atoms with Gasteiger partial charge in [0.2, 0.25) is 0 Å². The van der Waals surface area contributed by atoms with Gasteiger partial charge in [0, 0.05) is 48.3 Å². The summed E-state index contributed by atoms with van der Waals surface area (Å²) in [7, 11) is 0. The minimum absolute atomic E-state index is 0.0961. The summed E-state index contributed by atoms with van der Waals surface area (Å²) < 4.78 is 11.5. The predicted octanol–water partition coefficient (Wildman–Crippen LogP) is 2.63. The van der Waals surface area contributed by atoms with Gasteiger partial charge < -0.3 is 24.8 Å². The lowest BCUT2D eigenvalue weighted by Crippen LogP contribution is -2.65. The molecule has 0 bridgehead atoms. The van der Waals surface area contributed by atoms with Crippen LogP contribution < -0.4 is 0 Å². The zero-order chi connectivity index (χ0) is 26.8. The van der Waals surface area contributed by atoms with E-state index in [0.29, 0.717) is 24.0 Å². The Balaban J connectivity index is 1.83. The summed E-state index contributed by atoms with van der Waals surface area (Å²) in [6.45, 7) is 10.7. The van der Waals surface area contributed by atoms with E-state index in [9.17, 15) is 29.7 Å². The van der Waals surface area contributed by atoms with Crippen molar-refractivity contribution in [2.75, 3.05) is 6.61 Å². The maximum Gasteiger partial charge on any atom is 0.306 e. The molecule has 8 nitrogen and oxygen atoms in total. The fourth-order valence-corrected chi connectivity index (χ4v) is 7.55. The molecule has 0 radical (unpaired) electrons. The van der Waals surface area contributed by atoms with Crippen LogP contribution in [0.4, 0.5) is 0 Å². The van der Waals surface area contributed by atoms with Gasteiger partial charge in [0.15, 0.2) is 5.78 Å². The van der Waals surface area contributed by atoms with Gasteiger partial charge in [-0.1, -0.05) is 46.8 Å². The van der Waals surface area contributed by atoms with Crippen LogP contribution in [0.15, 0.2) is 23.3 Å². The molecule has 2 saturated carbocycles. The number of hydrogen-bond donors (Lipinski definition) is 3. The second-order valence-corrected chi connectivity index (χ2v) is 11.9. The van der Waals surface area contributed by atoms with Gasteiger partial charge in [-0.3, -0.25) is 14.4 Å². The molecule has 4 rings (SSSR count). The first-order valence-corrected chi connectivity index (χ1v) is 13.2. The van der Waals surface area contributed by atoms with Crippen molar-refractivity contribution in [1.29, 1.82) is 0 Å². The van der Waals surface area contributed by atoms with E-state index >= 15 is 0 Å². The van der Waals surface area contributed by atoms with E-state index in [-0.39, 0.29) is 31.8 Å². The zero-order valence-corrected chi connectivity index (χ0v) is 22.2. The van der Waals surface area contributed by atoms with Crippen molar-refractivity contribution >= 4 is 17.7 Å². The fraction of sp³-hybridized carbons (Fsp3) is 0.750. The average molecular weight is 505 g/mol. The lowest BCUT2D eigenvalue weighted by atomic mass is 9.59. The lowest BCUT2D eigenvalue weighted by Gasteiger charge is -2.52. The molecule has 8 heteroatoms. The molecule has 4 aliphatic carbocycles. The highest BCUT2D eigenvalue weighted by molar-refractivity contribution is 6.04. The molecular weight excluding hydrogens is 464 g/mol. The van der Waals surface area contributed by atoms with Crippen LogP contribution in [0, 0.1) is 29.1 Å². The van der Waals surface area contributed by atoms with Crippen molar-refractivity contribution in [2.24, 2.45) is 29.1 Å². The van der Waals surface area contributed by atoms with E-state index in [1.165, 1.54) is 0 Å². The third-order valence-corrected chi connectivity index (χ3v) is 9.40. The van der Waals surface area contributed by atoms with Gasteiger partial charge in [0.25, 0.3) is 0 Å². The van der Waals surface area contributed by atoms with E-state index in [1.54, 1.807) is 26.0 Å². The van der Waals surface area contributed by atoms with Gasteiger partial charge in [-0.2, -0.15) is 0 Å². The SMILES string of the molecule is CCCC(=O)OCC1=C[C@H]2[C@@H]3C(C)(C)[C@]3(OC(=O)CCC)[C@H](O)[C@@H](C)[C@]2(O)[C@@H]2C=C(C)C(=O)[C@@]2(O)C1. The molecule has 0 aliphatic heterocycles. The molecule has 0 spiro atoms. The molecule has 2 fully saturated rings. The average Bonchev–Trinajstić information content (AvgIpc) is 3.23. The molecule has 0 amide bonds. The third kappa shape index (κ3) is 3.47. The number of fused-ring (bicyclic) bond motifs is 5. The quantitative estimate of drug-likeness (QED) is 0.356. The molecule has 3 N–H and O–H groups in total. The Hall–Kier alpha value is -2.03. The van der Waals surface area contributed by atoms with E-state index in [1.807, 2.05) is 27.7 Å². The molecule has 0 aromatic rings. The highest BCUT2D eigenvalue weighted by Crippen LogP contribution is 2.76. The molecule has 0 saturated heterocycles. The van der Waals surface area contributed by atoms with Crippen LogP contribution in [0.3, 0.4) is 0 Å². The molecule has 36 heavy (non-hydrogen) atoms. The monoisotopic (exact) mass is 504 g/mol. The highest BCUT2D eigenvalue weighted by atomic mass is 16.6. The maximum absolute atomic E-state index is 13.2. The molecule has 0 unspecified atom stereocenters. The Morgan fingerprint density at radius 1 is 1.08 bits per heavy atom. The van der Waals surface area contributed by atoms with Crippen LogP contribution in [0.5, 0.6) is 0 Å². The third-order valence-electron chi connectivity index (χ3n) is 9.40. The first-order valence-electron chi connectivity index (χ1n) is 13.2. The van der Waals surface area contributed by atoms with Crippen molar-refractivity contribution in [3.63, 3.8) is 0 Å². The van der Waals surface area contributed by atoms with Gasteiger partial charge >= 0.3 is 11.9 Å². The van der Waals surface area contributed by atoms with Crippen molar-refractivity contribution in [2.45, 2.75) is 96.6 Å². The second-order valence-electron chi connectivity index (χ2n) is 11.9. The molecule has 8 atom stereocenters. The van der Waals surface area contributed by atoms with E-state index in [2.05, 4.69) is 0 Å². The zero-order valence-electron chi connectivity index (χ0n) is 22.2. The summed E-state index contributed by atoms with van der Waals surface area (Å²) in [4.78, 5) is 38.0. The Morgan fingerprint density at radius 3 is 2.31 bits per heavy atom. The van der Waals surface area contributed by atoms with E-state index in [0.717, 1.165) is 0 Å². The topological polar surface area (TPSA) is 130 Å². The van der Waals surface area contributed by atoms with Crippen molar-refractivity contribution in [3.05, 3.63) is 23.3 Å². The van der Waals surface area contributed by atoms with Crippen LogP contribution in [-0.4, -0.2) is 62.6 Å². The second kappa shape index (κ2) is 8.77. The molecule has 200 valence electrons. The van der Waals surface area contributed by atoms with Crippen LogP contribution >= 0.6 is 0 Å². The minimum atomic E-state index is -1.93. The molecule has 0 aromatic carbocycles. The summed E-state index contributed by atoms with van der Waals surface area (Å²) in [5, 5.41) is 35.8. The lowest BCUT2D eigenvalue weighted by molar-refractivity contribution is -0.219. The first-order chi connectivity index (χ1) is 16.7. The number of carbonyl (C=O) groups is 3. The van der Waals surface area contributed by atoms with Crippen LogP contribution in [-0.2, 0) is 23.9 Å². The first kappa shape index (κ1) is 27.0. The molecular formula is C28H40O8. The number of hydrogen-bond acceptors (Lipinski definition) is 8.